The van der Waals surface area contributed by atoms with Gasteiger partial charge in [0.15, 0.2) is 0 Å². The Balaban J connectivity index is 2.03. The van der Waals surface area contributed by atoms with E-state index in [1.807, 2.05) is 11.4 Å². The zero-order chi connectivity index (χ0) is 10.8. The highest BCUT2D eigenvalue weighted by Gasteiger charge is 2.30. The van der Waals surface area contributed by atoms with Crippen molar-refractivity contribution in [3.05, 3.63) is 22.4 Å². The van der Waals surface area contributed by atoms with Crippen LogP contribution in [0.2, 0.25) is 0 Å². The van der Waals surface area contributed by atoms with Crippen molar-refractivity contribution in [3.63, 3.8) is 0 Å². The molecule has 84 valence electrons. The van der Waals surface area contributed by atoms with E-state index < -0.39 is 0 Å². The quantitative estimate of drug-likeness (QED) is 0.809. The molecule has 1 nitrogen and oxygen atoms in total. The molecule has 1 aliphatic carbocycles. The molecular weight excluding hydrogens is 204 g/mol. The summed E-state index contributed by atoms with van der Waals surface area (Å²) in [4.78, 5) is 1.14. The van der Waals surface area contributed by atoms with E-state index in [1.54, 1.807) is 11.3 Å². The average Bonchev–Trinajstić information content (AvgIpc) is 2.67. The van der Waals surface area contributed by atoms with Crippen LogP contribution in [0.25, 0.3) is 0 Å². The monoisotopic (exact) mass is 224 g/mol. The Bertz CT molecular complexity index is 283. The minimum Gasteiger partial charge on any atom is -0.387 e. The van der Waals surface area contributed by atoms with Crippen molar-refractivity contribution in [3.8, 4) is 0 Å². The predicted molar refractivity (Wildman–Crippen MR) is 64.9 cm³/mol. The van der Waals surface area contributed by atoms with E-state index in [1.165, 1.54) is 19.3 Å². The molecule has 0 radical (unpaired) electrons. The molecule has 1 aromatic heterocycles. The Morgan fingerprint density at radius 1 is 1.27 bits per heavy atom. The maximum absolute atomic E-state index is 10.3. The first-order valence-electron chi connectivity index (χ1n) is 5.88. The average molecular weight is 224 g/mol. The van der Waals surface area contributed by atoms with Gasteiger partial charge in [-0.15, -0.1) is 11.3 Å². The molecule has 1 heterocycles. The first kappa shape index (κ1) is 11.2. The molecule has 0 spiro atoms. The summed E-state index contributed by atoms with van der Waals surface area (Å²) in [5.41, 5.74) is 0. The summed E-state index contributed by atoms with van der Waals surface area (Å²) in [7, 11) is 0. The molecule has 3 atom stereocenters. The molecule has 1 aromatic rings. The summed E-state index contributed by atoms with van der Waals surface area (Å²) in [6, 6.07) is 4.08. The molecule has 1 fully saturated rings. The lowest BCUT2D eigenvalue weighted by molar-refractivity contribution is 0.0577. The molecular formula is C13H20OS. The lowest BCUT2D eigenvalue weighted by Crippen LogP contribution is -2.24. The second kappa shape index (κ2) is 4.67. The lowest BCUT2D eigenvalue weighted by atomic mass is 9.74. The summed E-state index contributed by atoms with van der Waals surface area (Å²) in [5, 5.41) is 12.3. The molecule has 15 heavy (non-hydrogen) atoms. The molecule has 0 amide bonds. The van der Waals surface area contributed by atoms with Crippen LogP contribution < -0.4 is 0 Å². The van der Waals surface area contributed by atoms with Crippen LogP contribution in [0.4, 0.5) is 0 Å². The number of thiophene rings is 1. The minimum atomic E-state index is -0.227. The van der Waals surface area contributed by atoms with Gasteiger partial charge in [-0.1, -0.05) is 19.9 Å². The van der Waals surface area contributed by atoms with Gasteiger partial charge >= 0.3 is 0 Å². The van der Waals surface area contributed by atoms with Crippen molar-refractivity contribution in [2.45, 2.75) is 39.2 Å². The van der Waals surface area contributed by atoms with E-state index >= 15 is 0 Å². The fourth-order valence-corrected chi connectivity index (χ4v) is 3.76. The van der Waals surface area contributed by atoms with Crippen LogP contribution in [0.15, 0.2) is 17.5 Å². The highest BCUT2D eigenvalue weighted by Crippen LogP contribution is 2.40. The second-order valence-corrected chi connectivity index (χ2v) is 6.12. The van der Waals surface area contributed by atoms with E-state index in [4.69, 9.17) is 0 Å². The Kier molecular flexibility index (Phi) is 3.47. The minimum absolute atomic E-state index is 0.227. The summed E-state index contributed by atoms with van der Waals surface area (Å²) in [6.07, 6.45) is 3.47. The van der Waals surface area contributed by atoms with Gasteiger partial charge in [0.1, 0.15) is 0 Å². The van der Waals surface area contributed by atoms with E-state index in [0.29, 0.717) is 5.92 Å². The molecule has 1 saturated carbocycles. The SMILES string of the molecule is CC1CC(C)CC(C(O)c2cccs2)C1. The van der Waals surface area contributed by atoms with Crippen molar-refractivity contribution >= 4 is 11.3 Å². The van der Waals surface area contributed by atoms with Crippen molar-refractivity contribution in [1.82, 2.24) is 0 Å². The van der Waals surface area contributed by atoms with E-state index in [9.17, 15) is 5.11 Å². The summed E-state index contributed by atoms with van der Waals surface area (Å²) in [5.74, 6) is 2.02. The number of aliphatic hydroxyl groups excluding tert-OH is 1. The van der Waals surface area contributed by atoms with Crippen LogP contribution in [-0.4, -0.2) is 5.11 Å². The van der Waals surface area contributed by atoms with Gasteiger partial charge in [0.05, 0.1) is 6.10 Å². The standard InChI is InChI=1S/C13H20OS/c1-9-6-10(2)8-11(7-9)13(14)12-4-3-5-15-12/h3-5,9-11,13-14H,6-8H2,1-2H3. The van der Waals surface area contributed by atoms with Crippen molar-refractivity contribution in [2.75, 3.05) is 0 Å². The van der Waals surface area contributed by atoms with Crippen LogP contribution in [-0.2, 0) is 0 Å². The van der Waals surface area contributed by atoms with Gasteiger partial charge in [0.25, 0.3) is 0 Å². The van der Waals surface area contributed by atoms with Gasteiger partial charge < -0.3 is 5.11 Å². The highest BCUT2D eigenvalue weighted by atomic mass is 32.1. The molecule has 0 bridgehead atoms. The van der Waals surface area contributed by atoms with Crippen LogP contribution >= 0.6 is 11.3 Å². The lowest BCUT2D eigenvalue weighted by Gasteiger charge is -2.34. The van der Waals surface area contributed by atoms with E-state index in [2.05, 4.69) is 19.9 Å². The third-order valence-corrected chi connectivity index (χ3v) is 4.44. The summed E-state index contributed by atoms with van der Waals surface area (Å²) >= 11 is 1.68. The maximum atomic E-state index is 10.3. The Labute approximate surface area is 96.1 Å². The highest BCUT2D eigenvalue weighted by molar-refractivity contribution is 7.10. The fraction of sp³-hybridized carbons (Fsp3) is 0.692. The summed E-state index contributed by atoms with van der Waals surface area (Å²) in [6.45, 7) is 4.62. The zero-order valence-corrected chi connectivity index (χ0v) is 10.3. The Hall–Kier alpha value is -0.340. The van der Waals surface area contributed by atoms with Gasteiger partial charge in [0.2, 0.25) is 0 Å². The van der Waals surface area contributed by atoms with Gasteiger partial charge in [-0.3, -0.25) is 0 Å². The largest absolute Gasteiger partial charge is 0.387 e. The molecule has 0 aromatic carbocycles. The smallest absolute Gasteiger partial charge is 0.0910 e. The van der Waals surface area contributed by atoms with Crippen molar-refractivity contribution < 1.29 is 5.11 Å². The summed E-state index contributed by atoms with van der Waals surface area (Å²) < 4.78 is 0. The molecule has 2 rings (SSSR count). The van der Waals surface area contributed by atoms with Crippen molar-refractivity contribution in [1.29, 1.82) is 0 Å². The zero-order valence-electron chi connectivity index (χ0n) is 9.52. The molecule has 0 aliphatic heterocycles. The third kappa shape index (κ3) is 2.61. The van der Waals surface area contributed by atoms with Crippen LogP contribution in [0.3, 0.4) is 0 Å². The van der Waals surface area contributed by atoms with Crippen LogP contribution in [0.1, 0.15) is 44.1 Å². The third-order valence-electron chi connectivity index (χ3n) is 3.50. The van der Waals surface area contributed by atoms with Gasteiger partial charge in [-0.05, 0) is 48.5 Å². The number of hydrogen-bond acceptors (Lipinski definition) is 2. The molecule has 2 heteroatoms. The van der Waals surface area contributed by atoms with Gasteiger partial charge in [0, 0.05) is 4.88 Å². The predicted octanol–water partition coefficient (Wildman–Crippen LogP) is 3.85. The van der Waals surface area contributed by atoms with E-state index in [0.717, 1.165) is 16.7 Å². The number of hydrogen-bond donors (Lipinski definition) is 1. The molecule has 1 N–H and O–H groups in total. The van der Waals surface area contributed by atoms with Gasteiger partial charge in [-0.25, -0.2) is 0 Å². The van der Waals surface area contributed by atoms with Crippen molar-refractivity contribution in [2.24, 2.45) is 17.8 Å². The topological polar surface area (TPSA) is 20.2 Å². The maximum Gasteiger partial charge on any atom is 0.0910 e. The molecule has 1 aliphatic rings. The van der Waals surface area contributed by atoms with Crippen LogP contribution in [0, 0.1) is 17.8 Å². The van der Waals surface area contributed by atoms with Crippen LogP contribution in [0.5, 0.6) is 0 Å². The molecule has 3 unspecified atom stereocenters. The van der Waals surface area contributed by atoms with Gasteiger partial charge in [-0.2, -0.15) is 0 Å². The fourth-order valence-electron chi connectivity index (χ4n) is 2.96. The number of aliphatic hydroxyl groups is 1. The first-order chi connectivity index (χ1) is 7.16. The first-order valence-corrected chi connectivity index (χ1v) is 6.76. The Morgan fingerprint density at radius 3 is 2.47 bits per heavy atom. The number of rotatable bonds is 2. The van der Waals surface area contributed by atoms with E-state index in [-0.39, 0.29) is 6.10 Å². The molecule has 0 saturated heterocycles. The normalized spacial score (nSPS) is 33.9. The Morgan fingerprint density at radius 2 is 1.93 bits per heavy atom. The second-order valence-electron chi connectivity index (χ2n) is 5.14.